The highest BCUT2D eigenvalue weighted by molar-refractivity contribution is 7.89. The minimum absolute atomic E-state index is 0.0392. The first kappa shape index (κ1) is 28.7. The molecule has 0 fully saturated rings. The second-order valence-corrected chi connectivity index (χ2v) is 12.1. The van der Waals surface area contributed by atoms with Gasteiger partial charge >= 0.3 is 0 Å². The van der Waals surface area contributed by atoms with Gasteiger partial charge in [0, 0.05) is 37.5 Å². The second-order valence-electron chi connectivity index (χ2n) is 10.2. The number of fused-ring (bicyclic) bond motifs is 1. The summed E-state index contributed by atoms with van der Waals surface area (Å²) in [5.74, 6) is 6.58. The smallest absolute Gasteiger partial charge is 0.247 e. The molecule has 3 rings (SSSR count). The minimum atomic E-state index is -3.93. The van der Waals surface area contributed by atoms with Crippen LogP contribution in [0.4, 0.5) is 0 Å². The lowest BCUT2D eigenvalue weighted by Crippen LogP contribution is -2.50. The predicted molar refractivity (Wildman–Crippen MR) is 145 cm³/mol. The first-order valence-electron chi connectivity index (χ1n) is 12.7. The van der Waals surface area contributed by atoms with Crippen molar-refractivity contribution in [2.75, 3.05) is 26.7 Å². The van der Waals surface area contributed by atoms with E-state index in [0.29, 0.717) is 11.5 Å². The molecule has 7 nitrogen and oxygen atoms in total. The van der Waals surface area contributed by atoms with E-state index >= 15 is 0 Å². The fourth-order valence-corrected chi connectivity index (χ4v) is 5.98. The maximum absolute atomic E-state index is 13.6. The number of amides is 1. The van der Waals surface area contributed by atoms with Crippen molar-refractivity contribution in [3.63, 3.8) is 0 Å². The lowest BCUT2D eigenvalue weighted by atomic mass is 10.0. The van der Waals surface area contributed by atoms with Crippen molar-refractivity contribution in [3.05, 3.63) is 59.7 Å². The summed E-state index contributed by atoms with van der Waals surface area (Å²) < 4.78 is 34.9. The van der Waals surface area contributed by atoms with Crippen LogP contribution in [-0.4, -0.2) is 67.5 Å². The average molecular weight is 527 g/mol. The quantitative estimate of drug-likeness (QED) is 0.558. The van der Waals surface area contributed by atoms with Gasteiger partial charge in [-0.25, -0.2) is 8.42 Å². The lowest BCUT2D eigenvalue weighted by Gasteiger charge is -2.37. The third kappa shape index (κ3) is 7.35. The number of sulfonamides is 1. The van der Waals surface area contributed by atoms with Crippen LogP contribution in [0.2, 0.25) is 0 Å². The van der Waals surface area contributed by atoms with Gasteiger partial charge < -0.3 is 14.7 Å². The molecule has 1 heterocycles. The van der Waals surface area contributed by atoms with E-state index in [-0.39, 0.29) is 48.6 Å². The van der Waals surface area contributed by atoms with E-state index < -0.39 is 22.2 Å². The van der Waals surface area contributed by atoms with Crippen molar-refractivity contribution in [1.29, 1.82) is 0 Å². The average Bonchev–Trinajstić information content (AvgIpc) is 2.86. The van der Waals surface area contributed by atoms with Crippen molar-refractivity contribution in [2.24, 2.45) is 11.8 Å². The monoisotopic (exact) mass is 526 g/mol. The zero-order chi connectivity index (χ0) is 27.2. The molecule has 1 aliphatic heterocycles. The number of aliphatic hydroxyl groups excluding tert-OH is 1. The van der Waals surface area contributed by atoms with Gasteiger partial charge in [-0.2, -0.15) is 4.31 Å². The molecule has 2 aromatic rings. The van der Waals surface area contributed by atoms with Crippen molar-refractivity contribution in [2.45, 2.75) is 57.6 Å². The van der Waals surface area contributed by atoms with Gasteiger partial charge in [0.2, 0.25) is 15.9 Å². The molecule has 0 bridgehead atoms. The van der Waals surface area contributed by atoms with Crippen molar-refractivity contribution < 1.29 is 23.1 Å². The van der Waals surface area contributed by atoms with E-state index in [4.69, 9.17) is 4.74 Å². The maximum atomic E-state index is 13.6. The predicted octanol–water partition coefficient (Wildman–Crippen LogP) is 3.55. The van der Waals surface area contributed by atoms with E-state index in [1.165, 1.54) is 10.4 Å². The summed E-state index contributed by atoms with van der Waals surface area (Å²) >= 11 is 0. The molecule has 0 spiro atoms. The van der Waals surface area contributed by atoms with Crippen LogP contribution in [0.15, 0.2) is 53.4 Å². The normalized spacial score (nSPS) is 20.0. The Morgan fingerprint density at radius 2 is 1.89 bits per heavy atom. The number of nitrogens with zero attached hydrogens (tertiary/aromatic N) is 2. The molecule has 0 aromatic heterocycles. The highest BCUT2D eigenvalue weighted by atomic mass is 32.2. The molecule has 0 saturated heterocycles. The van der Waals surface area contributed by atoms with Gasteiger partial charge in [0.15, 0.2) is 0 Å². The fraction of sp³-hybridized carbons (Fsp3) is 0.483. The van der Waals surface area contributed by atoms with E-state index in [9.17, 15) is 18.3 Å². The summed E-state index contributed by atoms with van der Waals surface area (Å²) in [4.78, 5) is 14.6. The third-order valence-corrected chi connectivity index (χ3v) is 8.51. The Morgan fingerprint density at radius 3 is 2.54 bits per heavy atom. The summed E-state index contributed by atoms with van der Waals surface area (Å²) in [5, 5.41) is 9.82. The van der Waals surface area contributed by atoms with E-state index in [1.54, 1.807) is 31.0 Å². The number of hydrogen-bond acceptors (Lipinski definition) is 5. The molecule has 37 heavy (non-hydrogen) atoms. The molecule has 1 amide bonds. The number of aliphatic hydroxyl groups is 1. The van der Waals surface area contributed by atoms with Gasteiger partial charge in [-0.1, -0.05) is 62.9 Å². The van der Waals surface area contributed by atoms with Gasteiger partial charge in [0.25, 0.3) is 0 Å². The number of carbonyl (C=O) groups is 1. The summed E-state index contributed by atoms with van der Waals surface area (Å²) in [6, 6.07) is 13.8. The van der Waals surface area contributed by atoms with Crippen LogP contribution in [0, 0.1) is 23.7 Å². The Morgan fingerprint density at radius 1 is 1.19 bits per heavy atom. The Bertz CT molecular complexity index is 1230. The molecule has 0 unspecified atom stereocenters. The van der Waals surface area contributed by atoms with Gasteiger partial charge in [-0.05, 0) is 36.6 Å². The number of ether oxygens (including phenoxy) is 1. The van der Waals surface area contributed by atoms with Crippen LogP contribution >= 0.6 is 0 Å². The number of hydrogen-bond donors (Lipinski definition) is 1. The number of rotatable bonds is 7. The standard InChI is InChI=1S/C29H38N2O5S/c1-21(2)10-9-13-25-14-15-28-26(16-25)36-27(22(3)18-31(23(4)20-32)37(28,34)35)19-30(5)29(33)17-24-11-7-6-8-12-24/h6-8,11-12,14-16,21-23,27,32H,10,17-20H2,1-5H3/t22-,23-,27+/m0/s1. The zero-order valence-corrected chi connectivity index (χ0v) is 23.2. The van der Waals surface area contributed by atoms with Gasteiger partial charge in [0.1, 0.15) is 16.7 Å². The molecule has 3 atom stereocenters. The molecular formula is C29H38N2O5S. The van der Waals surface area contributed by atoms with Crippen molar-refractivity contribution in [1.82, 2.24) is 9.21 Å². The summed E-state index contributed by atoms with van der Waals surface area (Å²) in [5.41, 5.74) is 1.59. The summed E-state index contributed by atoms with van der Waals surface area (Å²) in [6.45, 7) is 7.91. The molecule has 8 heteroatoms. The Kier molecular flexibility index (Phi) is 9.77. The number of carbonyl (C=O) groups excluding carboxylic acids is 1. The largest absolute Gasteiger partial charge is 0.487 e. The topological polar surface area (TPSA) is 87.2 Å². The van der Waals surface area contributed by atoms with E-state index in [2.05, 4.69) is 25.7 Å². The van der Waals surface area contributed by atoms with Gasteiger partial charge in [-0.15, -0.1) is 0 Å². The van der Waals surface area contributed by atoms with Gasteiger partial charge in [0.05, 0.1) is 19.6 Å². The van der Waals surface area contributed by atoms with Crippen LogP contribution in [-0.2, 0) is 21.2 Å². The minimum Gasteiger partial charge on any atom is -0.487 e. The SMILES string of the molecule is CC(C)CC#Cc1ccc2c(c1)O[C@H](CN(C)C(=O)Cc1ccccc1)[C@@H](C)CN([C@@H](C)CO)S2(=O)=O. The van der Waals surface area contributed by atoms with E-state index in [1.807, 2.05) is 37.3 Å². The van der Waals surface area contributed by atoms with Crippen LogP contribution in [0.5, 0.6) is 5.75 Å². The molecule has 1 N–H and O–H groups in total. The van der Waals surface area contributed by atoms with Crippen LogP contribution in [0.3, 0.4) is 0 Å². The number of likely N-dealkylation sites (N-methyl/N-ethyl adjacent to an activating group) is 1. The summed E-state index contributed by atoms with van der Waals surface area (Å²) in [7, 11) is -2.19. The van der Waals surface area contributed by atoms with Crippen LogP contribution in [0.25, 0.3) is 0 Å². The van der Waals surface area contributed by atoms with Crippen molar-refractivity contribution in [3.8, 4) is 17.6 Å². The lowest BCUT2D eigenvalue weighted by molar-refractivity contribution is -0.130. The first-order valence-corrected chi connectivity index (χ1v) is 14.2. The molecule has 200 valence electrons. The second kappa shape index (κ2) is 12.6. The fourth-order valence-electron chi connectivity index (χ4n) is 4.16. The molecule has 0 saturated carbocycles. The van der Waals surface area contributed by atoms with Gasteiger partial charge in [-0.3, -0.25) is 4.79 Å². The molecular weight excluding hydrogens is 488 g/mol. The molecule has 1 aliphatic rings. The zero-order valence-electron chi connectivity index (χ0n) is 22.3. The highest BCUT2D eigenvalue weighted by Gasteiger charge is 2.38. The molecule has 0 radical (unpaired) electrons. The molecule has 0 aliphatic carbocycles. The summed E-state index contributed by atoms with van der Waals surface area (Å²) in [6.07, 6.45) is 0.532. The van der Waals surface area contributed by atoms with Crippen LogP contribution < -0.4 is 4.74 Å². The Balaban J connectivity index is 1.95. The van der Waals surface area contributed by atoms with Crippen molar-refractivity contribution >= 4 is 15.9 Å². The Labute approximate surface area is 221 Å². The number of benzene rings is 2. The third-order valence-electron chi connectivity index (χ3n) is 6.49. The highest BCUT2D eigenvalue weighted by Crippen LogP contribution is 2.34. The Hall–Kier alpha value is -2.86. The maximum Gasteiger partial charge on any atom is 0.247 e. The first-order chi connectivity index (χ1) is 17.5. The van der Waals surface area contributed by atoms with E-state index in [0.717, 1.165) is 12.0 Å². The molecule has 2 aromatic carbocycles. The van der Waals surface area contributed by atoms with Crippen LogP contribution in [0.1, 0.15) is 45.2 Å².